The van der Waals surface area contributed by atoms with Gasteiger partial charge in [-0.2, -0.15) is 0 Å². The maximum Gasteiger partial charge on any atom is 0.324 e. The minimum atomic E-state index is -0.368. The van der Waals surface area contributed by atoms with E-state index < -0.39 is 0 Å². The molecule has 0 saturated carbocycles. The van der Waals surface area contributed by atoms with Crippen molar-refractivity contribution in [3.05, 3.63) is 29.3 Å². The predicted molar refractivity (Wildman–Crippen MR) is 80.6 cm³/mol. The lowest BCUT2D eigenvalue weighted by Gasteiger charge is -2.10. The van der Waals surface area contributed by atoms with Crippen molar-refractivity contribution >= 4 is 35.3 Å². The third-order valence-corrected chi connectivity index (χ3v) is 4.12. The van der Waals surface area contributed by atoms with Crippen LogP contribution in [0.2, 0.25) is 5.02 Å². The van der Waals surface area contributed by atoms with Crippen LogP contribution in [-0.4, -0.2) is 45.9 Å². The number of nitrogens with one attached hydrogen (secondary N) is 1. The van der Waals surface area contributed by atoms with E-state index in [0.29, 0.717) is 34.0 Å². The van der Waals surface area contributed by atoms with E-state index in [9.17, 15) is 9.59 Å². The first-order chi connectivity index (χ1) is 10.6. The fraction of sp³-hybridized carbons (Fsp3) is 0.231. The number of aromatic nitrogens is 2. The molecule has 114 valence electrons. The number of hydrogen-bond donors (Lipinski definition) is 1. The van der Waals surface area contributed by atoms with Gasteiger partial charge >= 0.3 is 6.03 Å². The first kappa shape index (κ1) is 14.9. The van der Waals surface area contributed by atoms with Gasteiger partial charge in [0.15, 0.2) is 0 Å². The third kappa shape index (κ3) is 3.07. The number of imide groups is 1. The summed E-state index contributed by atoms with van der Waals surface area (Å²) in [5.74, 6) is 0.583. The highest BCUT2D eigenvalue weighted by Gasteiger charge is 2.27. The van der Waals surface area contributed by atoms with E-state index in [4.69, 9.17) is 16.0 Å². The second-order valence-electron chi connectivity index (χ2n) is 4.41. The molecular weight excluding hydrogens is 328 g/mol. The number of rotatable bonds is 5. The molecule has 3 rings (SSSR count). The van der Waals surface area contributed by atoms with Crippen molar-refractivity contribution < 1.29 is 14.0 Å². The van der Waals surface area contributed by atoms with Crippen LogP contribution in [0, 0.1) is 0 Å². The second-order valence-corrected chi connectivity index (χ2v) is 5.86. The Hall–Kier alpha value is -2.06. The minimum absolute atomic E-state index is 0.0563. The van der Waals surface area contributed by atoms with Gasteiger partial charge in [-0.3, -0.25) is 9.69 Å². The number of nitrogens with zero attached hydrogens (tertiary/aromatic N) is 3. The van der Waals surface area contributed by atoms with Gasteiger partial charge in [0, 0.05) is 12.3 Å². The molecule has 2 heterocycles. The maximum atomic E-state index is 11.4. The fourth-order valence-corrected chi connectivity index (χ4v) is 2.82. The lowest BCUT2D eigenvalue weighted by molar-refractivity contribution is -0.124. The van der Waals surface area contributed by atoms with Crippen LogP contribution >= 0.6 is 23.4 Å². The Balaban J connectivity index is 1.60. The first-order valence-corrected chi connectivity index (χ1v) is 7.81. The molecule has 1 aliphatic heterocycles. The molecule has 7 nitrogen and oxygen atoms in total. The van der Waals surface area contributed by atoms with Gasteiger partial charge in [-0.1, -0.05) is 35.5 Å². The van der Waals surface area contributed by atoms with Crippen molar-refractivity contribution in [1.29, 1.82) is 0 Å². The van der Waals surface area contributed by atoms with Crippen LogP contribution in [0.3, 0.4) is 0 Å². The number of benzene rings is 1. The maximum absolute atomic E-state index is 11.4. The standard InChI is InChI=1S/C13H11ClN4O3S/c14-9-4-2-1-3-8(9)11-16-17-13(21-11)22-6-5-18-10(19)7-15-12(18)20/h1-4H,5-7H2,(H,15,20). The Kier molecular flexibility index (Phi) is 4.30. The number of carbonyl (C=O) groups is 2. The Morgan fingerprint density at radius 2 is 2.14 bits per heavy atom. The van der Waals surface area contributed by atoms with Crippen molar-refractivity contribution in [3.8, 4) is 11.5 Å². The summed E-state index contributed by atoms with van der Waals surface area (Å²) in [6, 6.07) is 6.81. The number of carbonyl (C=O) groups excluding carboxylic acids is 2. The summed E-state index contributed by atoms with van der Waals surface area (Å²) >= 11 is 7.34. The zero-order chi connectivity index (χ0) is 15.5. The average molecular weight is 339 g/mol. The Bertz CT molecular complexity index is 705. The molecule has 1 aromatic heterocycles. The van der Waals surface area contributed by atoms with Crippen LogP contribution in [0.15, 0.2) is 33.9 Å². The summed E-state index contributed by atoms with van der Waals surface area (Å²) in [6.45, 7) is 0.347. The summed E-state index contributed by atoms with van der Waals surface area (Å²) < 4.78 is 5.52. The minimum Gasteiger partial charge on any atom is -0.411 e. The van der Waals surface area contributed by atoms with Crippen LogP contribution in [0.25, 0.3) is 11.5 Å². The van der Waals surface area contributed by atoms with Crippen LogP contribution in [0.4, 0.5) is 4.79 Å². The van der Waals surface area contributed by atoms with Crippen molar-refractivity contribution in [2.45, 2.75) is 5.22 Å². The van der Waals surface area contributed by atoms with Gasteiger partial charge in [-0.25, -0.2) is 4.79 Å². The highest BCUT2D eigenvalue weighted by molar-refractivity contribution is 7.99. The number of urea groups is 1. The van der Waals surface area contributed by atoms with E-state index in [-0.39, 0.29) is 18.5 Å². The summed E-state index contributed by atoms with van der Waals surface area (Å²) in [5.41, 5.74) is 0.664. The van der Waals surface area contributed by atoms with E-state index in [0.717, 1.165) is 0 Å². The molecule has 9 heteroatoms. The van der Waals surface area contributed by atoms with E-state index in [1.807, 2.05) is 12.1 Å². The van der Waals surface area contributed by atoms with Gasteiger partial charge in [-0.15, -0.1) is 10.2 Å². The van der Waals surface area contributed by atoms with Crippen molar-refractivity contribution in [2.75, 3.05) is 18.8 Å². The summed E-state index contributed by atoms with van der Waals surface area (Å²) in [7, 11) is 0. The number of hydrogen-bond acceptors (Lipinski definition) is 6. The Morgan fingerprint density at radius 3 is 2.86 bits per heavy atom. The number of halogens is 1. The fourth-order valence-electron chi connectivity index (χ4n) is 1.92. The van der Waals surface area contributed by atoms with Crippen molar-refractivity contribution in [3.63, 3.8) is 0 Å². The molecule has 0 bridgehead atoms. The highest BCUT2D eigenvalue weighted by Crippen LogP contribution is 2.28. The van der Waals surface area contributed by atoms with E-state index in [1.54, 1.807) is 12.1 Å². The number of amides is 3. The van der Waals surface area contributed by atoms with Crippen molar-refractivity contribution in [1.82, 2.24) is 20.4 Å². The van der Waals surface area contributed by atoms with Crippen LogP contribution in [-0.2, 0) is 4.79 Å². The zero-order valence-corrected chi connectivity index (χ0v) is 12.9. The van der Waals surface area contributed by atoms with E-state index >= 15 is 0 Å². The molecule has 1 saturated heterocycles. The third-order valence-electron chi connectivity index (χ3n) is 2.99. The normalized spacial score (nSPS) is 14.5. The molecule has 1 aromatic carbocycles. The Labute approximate surface area is 135 Å². The zero-order valence-electron chi connectivity index (χ0n) is 11.3. The largest absolute Gasteiger partial charge is 0.411 e. The lowest BCUT2D eigenvalue weighted by Crippen LogP contribution is -2.32. The van der Waals surface area contributed by atoms with Gasteiger partial charge < -0.3 is 9.73 Å². The first-order valence-electron chi connectivity index (χ1n) is 6.44. The highest BCUT2D eigenvalue weighted by atomic mass is 35.5. The molecule has 1 aliphatic rings. The van der Waals surface area contributed by atoms with Gasteiger partial charge in [0.1, 0.15) is 0 Å². The molecule has 22 heavy (non-hydrogen) atoms. The van der Waals surface area contributed by atoms with Crippen LogP contribution < -0.4 is 5.32 Å². The molecular formula is C13H11ClN4O3S. The molecule has 1 fully saturated rings. The van der Waals surface area contributed by atoms with Crippen LogP contribution in [0.1, 0.15) is 0 Å². The van der Waals surface area contributed by atoms with Gasteiger partial charge in [0.25, 0.3) is 5.22 Å². The van der Waals surface area contributed by atoms with Crippen molar-refractivity contribution in [2.24, 2.45) is 0 Å². The quantitative estimate of drug-likeness (QED) is 0.663. The van der Waals surface area contributed by atoms with Crippen LogP contribution in [0.5, 0.6) is 0 Å². The number of thioether (sulfide) groups is 1. The van der Waals surface area contributed by atoms with Gasteiger partial charge in [0.05, 0.1) is 17.1 Å². The molecule has 0 spiro atoms. The molecule has 3 amide bonds. The molecule has 1 N–H and O–H groups in total. The molecule has 0 atom stereocenters. The molecule has 0 unspecified atom stereocenters. The van der Waals surface area contributed by atoms with E-state index in [1.165, 1.54) is 16.7 Å². The summed E-state index contributed by atoms with van der Waals surface area (Å²) in [4.78, 5) is 24.0. The summed E-state index contributed by atoms with van der Waals surface area (Å²) in [5, 5.41) is 11.2. The predicted octanol–water partition coefficient (Wildman–Crippen LogP) is 2.03. The van der Waals surface area contributed by atoms with E-state index in [2.05, 4.69) is 15.5 Å². The van der Waals surface area contributed by atoms with Gasteiger partial charge in [-0.05, 0) is 12.1 Å². The monoisotopic (exact) mass is 338 g/mol. The lowest BCUT2D eigenvalue weighted by atomic mass is 10.2. The van der Waals surface area contributed by atoms with Gasteiger partial charge in [0.2, 0.25) is 11.8 Å². The molecule has 0 aliphatic carbocycles. The average Bonchev–Trinajstić information content (AvgIpc) is 3.09. The second kappa shape index (κ2) is 6.37. The molecule has 2 aromatic rings. The Morgan fingerprint density at radius 1 is 1.32 bits per heavy atom. The SMILES string of the molecule is O=C1CNC(=O)N1CCSc1nnc(-c2ccccc2Cl)o1. The smallest absolute Gasteiger partial charge is 0.324 e. The topological polar surface area (TPSA) is 88.3 Å². The summed E-state index contributed by atoms with van der Waals surface area (Å²) in [6.07, 6.45) is 0. The molecule has 0 radical (unpaired) electrons.